The monoisotopic (exact) mass is 214 g/mol. The summed E-state index contributed by atoms with van der Waals surface area (Å²) in [6.45, 7) is 3.18. The lowest BCUT2D eigenvalue weighted by molar-refractivity contribution is -0.118. The second kappa shape index (κ2) is 5.03. The summed E-state index contributed by atoms with van der Waals surface area (Å²) in [4.78, 5) is 11.3. The van der Waals surface area contributed by atoms with Gasteiger partial charge in [0.1, 0.15) is 0 Å². The molecule has 80 valence electrons. The van der Waals surface area contributed by atoms with Crippen molar-refractivity contribution in [3.05, 3.63) is 0 Å². The number of hydrogen-bond acceptors (Lipinski definition) is 3. The molecule has 1 saturated heterocycles. The molecule has 0 bridgehead atoms. The summed E-state index contributed by atoms with van der Waals surface area (Å²) >= 11 is 1.77. The Bertz CT molecular complexity index is 202. The van der Waals surface area contributed by atoms with Crippen LogP contribution in [0.4, 0.5) is 0 Å². The van der Waals surface area contributed by atoms with Gasteiger partial charge in [-0.15, -0.1) is 0 Å². The highest BCUT2D eigenvalue weighted by Gasteiger charge is 2.21. The van der Waals surface area contributed by atoms with Crippen molar-refractivity contribution in [3.63, 3.8) is 0 Å². The summed E-state index contributed by atoms with van der Waals surface area (Å²) in [7, 11) is 0. The Morgan fingerprint density at radius 1 is 1.36 bits per heavy atom. The van der Waals surface area contributed by atoms with Crippen LogP contribution in [-0.2, 0) is 4.79 Å². The molecule has 0 aromatic rings. The summed E-state index contributed by atoms with van der Waals surface area (Å²) in [6.07, 6.45) is 2.61. The van der Waals surface area contributed by atoms with Gasteiger partial charge < -0.3 is 10.6 Å². The molecular formula is C10H18N2OS. The van der Waals surface area contributed by atoms with E-state index in [1.165, 1.54) is 12.8 Å². The Morgan fingerprint density at radius 2 is 2.14 bits per heavy atom. The molecule has 14 heavy (non-hydrogen) atoms. The average molecular weight is 214 g/mol. The van der Waals surface area contributed by atoms with Gasteiger partial charge in [-0.1, -0.05) is 0 Å². The zero-order chi connectivity index (χ0) is 9.80. The molecule has 1 aliphatic carbocycles. The molecule has 2 rings (SSSR count). The molecule has 4 heteroatoms. The van der Waals surface area contributed by atoms with Gasteiger partial charge in [0, 0.05) is 6.54 Å². The van der Waals surface area contributed by atoms with Gasteiger partial charge in [0.15, 0.2) is 0 Å². The number of nitrogens with one attached hydrogen (secondary N) is 2. The van der Waals surface area contributed by atoms with E-state index in [4.69, 9.17) is 0 Å². The van der Waals surface area contributed by atoms with E-state index in [-0.39, 0.29) is 5.91 Å². The summed E-state index contributed by atoms with van der Waals surface area (Å²) in [5.41, 5.74) is 0. The highest BCUT2D eigenvalue weighted by Crippen LogP contribution is 2.27. The van der Waals surface area contributed by atoms with Gasteiger partial charge in [-0.25, -0.2) is 0 Å². The van der Waals surface area contributed by atoms with E-state index in [9.17, 15) is 4.79 Å². The van der Waals surface area contributed by atoms with E-state index in [2.05, 4.69) is 10.6 Å². The number of carbonyl (C=O) groups excluding carboxylic acids is 1. The quantitative estimate of drug-likeness (QED) is 0.675. The van der Waals surface area contributed by atoms with Crippen LogP contribution in [0.3, 0.4) is 0 Å². The SMILES string of the molecule is O=C(CSCC1CNC1)NCC1CC1. The minimum absolute atomic E-state index is 0.217. The fraction of sp³-hybridized carbons (Fsp3) is 0.900. The molecule has 2 N–H and O–H groups in total. The zero-order valence-electron chi connectivity index (χ0n) is 8.42. The van der Waals surface area contributed by atoms with Crippen molar-refractivity contribution >= 4 is 17.7 Å². The Labute approximate surface area is 89.4 Å². The normalized spacial score (nSPS) is 21.7. The van der Waals surface area contributed by atoms with E-state index in [1.54, 1.807) is 11.8 Å². The van der Waals surface area contributed by atoms with Gasteiger partial charge in [-0.05, 0) is 43.5 Å². The summed E-state index contributed by atoms with van der Waals surface area (Å²) in [5.74, 6) is 3.58. The Morgan fingerprint density at radius 3 is 2.71 bits per heavy atom. The Hall–Kier alpha value is -0.220. The van der Waals surface area contributed by atoms with Crippen molar-refractivity contribution < 1.29 is 4.79 Å². The molecule has 2 fully saturated rings. The summed E-state index contributed by atoms with van der Waals surface area (Å²) in [6, 6.07) is 0. The summed E-state index contributed by atoms with van der Waals surface area (Å²) < 4.78 is 0. The second-order valence-electron chi connectivity index (χ2n) is 4.29. The molecule has 0 radical (unpaired) electrons. The van der Waals surface area contributed by atoms with E-state index in [0.29, 0.717) is 5.75 Å². The van der Waals surface area contributed by atoms with Crippen LogP contribution in [0.5, 0.6) is 0 Å². The molecule has 0 atom stereocenters. The number of rotatable bonds is 6. The van der Waals surface area contributed by atoms with Crippen LogP contribution < -0.4 is 10.6 Å². The highest BCUT2D eigenvalue weighted by atomic mass is 32.2. The minimum atomic E-state index is 0.217. The fourth-order valence-corrected chi connectivity index (χ4v) is 2.39. The predicted octanol–water partition coefficient (Wildman–Crippen LogP) is 0.465. The fourth-order valence-electron chi connectivity index (χ4n) is 1.42. The smallest absolute Gasteiger partial charge is 0.230 e. The maximum Gasteiger partial charge on any atom is 0.230 e. The lowest BCUT2D eigenvalue weighted by Gasteiger charge is -2.26. The lowest BCUT2D eigenvalue weighted by Crippen LogP contribution is -2.43. The molecule has 1 saturated carbocycles. The van der Waals surface area contributed by atoms with Gasteiger partial charge in [0.25, 0.3) is 0 Å². The second-order valence-corrected chi connectivity index (χ2v) is 5.32. The van der Waals surface area contributed by atoms with Crippen molar-refractivity contribution in [1.29, 1.82) is 0 Å². The first kappa shape index (κ1) is 10.3. The third-order valence-electron chi connectivity index (χ3n) is 2.74. The molecular weight excluding hydrogens is 196 g/mol. The summed E-state index contributed by atoms with van der Waals surface area (Å²) in [5, 5.41) is 6.21. The van der Waals surface area contributed by atoms with Crippen molar-refractivity contribution in [3.8, 4) is 0 Å². The first-order valence-electron chi connectivity index (χ1n) is 5.40. The van der Waals surface area contributed by atoms with Crippen LogP contribution in [-0.4, -0.2) is 37.0 Å². The molecule has 0 spiro atoms. The van der Waals surface area contributed by atoms with Crippen LogP contribution in [0.15, 0.2) is 0 Å². The van der Waals surface area contributed by atoms with Gasteiger partial charge >= 0.3 is 0 Å². The maximum absolute atomic E-state index is 11.3. The van der Waals surface area contributed by atoms with Crippen molar-refractivity contribution in [2.24, 2.45) is 11.8 Å². The Balaban J connectivity index is 1.44. The van der Waals surface area contributed by atoms with Crippen LogP contribution in [0, 0.1) is 11.8 Å². The van der Waals surface area contributed by atoms with Gasteiger partial charge in [0.2, 0.25) is 5.91 Å². The lowest BCUT2D eigenvalue weighted by atomic mass is 10.1. The molecule has 0 aromatic carbocycles. The third-order valence-corrected chi connectivity index (χ3v) is 3.91. The standard InChI is InChI=1S/C10H18N2OS/c13-10(12-5-8-1-2-8)7-14-6-9-3-11-4-9/h8-9,11H,1-7H2,(H,12,13). The van der Waals surface area contributed by atoms with E-state index < -0.39 is 0 Å². The number of thioether (sulfide) groups is 1. The predicted molar refractivity (Wildman–Crippen MR) is 59.4 cm³/mol. The third kappa shape index (κ3) is 3.50. The number of amides is 1. The van der Waals surface area contributed by atoms with Crippen LogP contribution in [0.25, 0.3) is 0 Å². The Kier molecular flexibility index (Phi) is 3.70. The largest absolute Gasteiger partial charge is 0.355 e. The van der Waals surface area contributed by atoms with Crippen LogP contribution >= 0.6 is 11.8 Å². The van der Waals surface area contributed by atoms with Gasteiger partial charge in [0.05, 0.1) is 5.75 Å². The minimum Gasteiger partial charge on any atom is -0.355 e. The van der Waals surface area contributed by atoms with Crippen molar-refractivity contribution in [2.75, 3.05) is 31.1 Å². The molecule has 0 unspecified atom stereocenters. The van der Waals surface area contributed by atoms with Crippen molar-refractivity contribution in [2.45, 2.75) is 12.8 Å². The first-order valence-corrected chi connectivity index (χ1v) is 6.55. The zero-order valence-corrected chi connectivity index (χ0v) is 9.24. The molecule has 1 aliphatic heterocycles. The van der Waals surface area contributed by atoms with Crippen LogP contribution in [0.2, 0.25) is 0 Å². The first-order chi connectivity index (χ1) is 6.84. The number of hydrogen-bond donors (Lipinski definition) is 2. The van der Waals surface area contributed by atoms with E-state index >= 15 is 0 Å². The van der Waals surface area contributed by atoms with Crippen molar-refractivity contribution in [1.82, 2.24) is 10.6 Å². The van der Waals surface area contributed by atoms with E-state index in [1.807, 2.05) is 0 Å². The number of carbonyl (C=O) groups is 1. The molecule has 2 aliphatic rings. The average Bonchev–Trinajstić information content (AvgIpc) is 2.89. The highest BCUT2D eigenvalue weighted by molar-refractivity contribution is 7.99. The maximum atomic E-state index is 11.3. The topological polar surface area (TPSA) is 41.1 Å². The molecule has 3 nitrogen and oxygen atoms in total. The van der Waals surface area contributed by atoms with E-state index in [0.717, 1.165) is 37.2 Å². The molecule has 1 amide bonds. The molecule has 1 heterocycles. The van der Waals surface area contributed by atoms with Crippen LogP contribution in [0.1, 0.15) is 12.8 Å². The molecule has 0 aromatic heterocycles. The van der Waals surface area contributed by atoms with Gasteiger partial charge in [-0.2, -0.15) is 11.8 Å². The van der Waals surface area contributed by atoms with Gasteiger partial charge in [-0.3, -0.25) is 4.79 Å².